The Kier molecular flexibility index (Phi) is 7.12. The molecule has 0 spiro atoms. The number of carbonyl (C=O) groups excluding carboxylic acids is 1. The molecule has 0 aliphatic carbocycles. The van der Waals surface area contributed by atoms with Gasteiger partial charge in [-0.2, -0.15) is 0 Å². The Morgan fingerprint density at radius 2 is 1.81 bits per heavy atom. The van der Waals surface area contributed by atoms with Crippen LogP contribution in [0.2, 0.25) is 0 Å². The molecule has 7 heteroatoms. The van der Waals surface area contributed by atoms with Crippen LogP contribution in [0.3, 0.4) is 0 Å². The molecular weight excluding hydrogens is 398 g/mol. The van der Waals surface area contributed by atoms with Gasteiger partial charge in [0.1, 0.15) is 17.5 Å². The van der Waals surface area contributed by atoms with E-state index in [0.29, 0.717) is 24.4 Å². The van der Waals surface area contributed by atoms with Crippen molar-refractivity contribution in [2.45, 2.75) is 32.2 Å². The van der Waals surface area contributed by atoms with Gasteiger partial charge in [-0.3, -0.25) is 9.69 Å². The lowest BCUT2D eigenvalue weighted by Gasteiger charge is -2.36. The fourth-order valence-electron chi connectivity index (χ4n) is 4.70. The second-order valence-electron chi connectivity index (χ2n) is 8.62. The fourth-order valence-corrected chi connectivity index (χ4v) is 4.70. The van der Waals surface area contributed by atoms with Gasteiger partial charge < -0.3 is 9.80 Å². The molecule has 1 aromatic carbocycles. The first-order valence-corrected chi connectivity index (χ1v) is 11.2. The van der Waals surface area contributed by atoms with Crippen LogP contribution in [0, 0.1) is 17.6 Å². The summed E-state index contributed by atoms with van der Waals surface area (Å²) in [5, 5.41) is 0. The summed E-state index contributed by atoms with van der Waals surface area (Å²) in [5.41, 5.74) is 0.667. The number of pyridine rings is 1. The predicted octanol–water partition coefficient (Wildman–Crippen LogP) is 3.70. The Labute approximate surface area is 182 Å². The van der Waals surface area contributed by atoms with Crippen molar-refractivity contribution in [3.05, 3.63) is 59.8 Å². The average molecular weight is 429 g/mol. The molecule has 2 saturated heterocycles. The van der Waals surface area contributed by atoms with E-state index in [1.807, 2.05) is 23.1 Å². The van der Waals surface area contributed by atoms with E-state index in [9.17, 15) is 13.6 Å². The van der Waals surface area contributed by atoms with Gasteiger partial charge in [0.25, 0.3) is 0 Å². The van der Waals surface area contributed by atoms with Gasteiger partial charge in [-0.05, 0) is 61.6 Å². The third kappa shape index (κ3) is 6.00. The molecule has 2 fully saturated rings. The van der Waals surface area contributed by atoms with E-state index in [0.717, 1.165) is 70.4 Å². The number of hydrogen-bond acceptors (Lipinski definition) is 4. The smallest absolute Gasteiger partial charge is 0.222 e. The zero-order valence-electron chi connectivity index (χ0n) is 17.9. The largest absolute Gasteiger partial charge is 0.353 e. The molecule has 2 aliphatic rings. The number of carbonyl (C=O) groups is 1. The highest BCUT2D eigenvalue weighted by Crippen LogP contribution is 2.24. The normalized spacial score (nSPS) is 20.1. The molecule has 31 heavy (non-hydrogen) atoms. The van der Waals surface area contributed by atoms with Gasteiger partial charge in [0.15, 0.2) is 0 Å². The Morgan fingerprint density at radius 1 is 1.03 bits per heavy atom. The van der Waals surface area contributed by atoms with Crippen LogP contribution in [0.25, 0.3) is 0 Å². The van der Waals surface area contributed by atoms with Crippen LogP contribution in [0.5, 0.6) is 0 Å². The minimum Gasteiger partial charge on any atom is -0.353 e. The minimum absolute atomic E-state index is 0.227. The van der Waals surface area contributed by atoms with Gasteiger partial charge in [0.05, 0.1) is 0 Å². The van der Waals surface area contributed by atoms with E-state index in [1.165, 1.54) is 12.1 Å². The molecule has 5 nitrogen and oxygen atoms in total. The molecule has 0 bridgehead atoms. The lowest BCUT2D eigenvalue weighted by Crippen LogP contribution is -2.49. The zero-order valence-corrected chi connectivity index (χ0v) is 17.9. The first-order valence-electron chi connectivity index (χ1n) is 11.2. The SMILES string of the molecule is O=C(CCC1CCCN(Cc2cc(F)cc(F)c2)C1)N1CCN(c2ccccn2)CC1. The highest BCUT2D eigenvalue weighted by molar-refractivity contribution is 5.76. The summed E-state index contributed by atoms with van der Waals surface area (Å²) in [6.45, 7) is 5.44. The average Bonchev–Trinajstić information content (AvgIpc) is 2.78. The molecule has 0 saturated carbocycles. The molecule has 0 N–H and O–H groups in total. The summed E-state index contributed by atoms with van der Waals surface area (Å²) < 4.78 is 26.9. The van der Waals surface area contributed by atoms with Gasteiger partial charge in [-0.1, -0.05) is 6.07 Å². The third-order valence-electron chi connectivity index (χ3n) is 6.30. The lowest BCUT2D eigenvalue weighted by molar-refractivity contribution is -0.131. The summed E-state index contributed by atoms with van der Waals surface area (Å²) in [6, 6.07) is 9.61. The minimum atomic E-state index is -0.530. The highest BCUT2D eigenvalue weighted by Gasteiger charge is 2.25. The van der Waals surface area contributed by atoms with Crippen LogP contribution in [0.1, 0.15) is 31.2 Å². The van der Waals surface area contributed by atoms with E-state index in [4.69, 9.17) is 0 Å². The number of rotatable bonds is 6. The summed E-state index contributed by atoms with van der Waals surface area (Å²) >= 11 is 0. The van der Waals surface area contributed by atoms with Gasteiger partial charge in [0, 0.05) is 58.0 Å². The second kappa shape index (κ2) is 10.2. The Hall–Kier alpha value is -2.54. The van der Waals surface area contributed by atoms with E-state index in [1.54, 1.807) is 6.20 Å². The Balaban J connectivity index is 1.21. The number of anilines is 1. The molecule has 166 valence electrons. The van der Waals surface area contributed by atoms with Crippen molar-refractivity contribution in [1.82, 2.24) is 14.8 Å². The van der Waals surface area contributed by atoms with Crippen molar-refractivity contribution in [2.75, 3.05) is 44.2 Å². The quantitative estimate of drug-likeness (QED) is 0.704. The first kappa shape index (κ1) is 21.7. The first-order chi connectivity index (χ1) is 15.1. The van der Waals surface area contributed by atoms with Crippen molar-refractivity contribution in [3.8, 4) is 0 Å². The predicted molar refractivity (Wildman–Crippen MR) is 117 cm³/mol. The molecule has 1 atom stereocenters. The van der Waals surface area contributed by atoms with E-state index < -0.39 is 11.6 Å². The molecule has 1 aromatic heterocycles. The Bertz CT molecular complexity index is 851. The maximum atomic E-state index is 13.5. The van der Waals surface area contributed by atoms with Crippen molar-refractivity contribution in [1.29, 1.82) is 0 Å². The van der Waals surface area contributed by atoms with Crippen molar-refractivity contribution < 1.29 is 13.6 Å². The molecule has 2 aliphatic heterocycles. The number of piperidine rings is 1. The lowest BCUT2D eigenvalue weighted by atomic mass is 9.92. The van der Waals surface area contributed by atoms with E-state index in [2.05, 4.69) is 14.8 Å². The van der Waals surface area contributed by atoms with Crippen LogP contribution >= 0.6 is 0 Å². The number of likely N-dealkylation sites (tertiary alicyclic amines) is 1. The summed E-state index contributed by atoms with van der Waals surface area (Å²) in [5.74, 6) is 0.584. The molecule has 0 radical (unpaired) electrons. The topological polar surface area (TPSA) is 39.7 Å². The second-order valence-corrected chi connectivity index (χ2v) is 8.62. The number of piperazine rings is 1. The van der Waals surface area contributed by atoms with Crippen LogP contribution in [0.4, 0.5) is 14.6 Å². The number of amides is 1. The van der Waals surface area contributed by atoms with Gasteiger partial charge >= 0.3 is 0 Å². The van der Waals surface area contributed by atoms with Crippen LogP contribution in [0.15, 0.2) is 42.6 Å². The Morgan fingerprint density at radius 3 is 2.52 bits per heavy atom. The number of nitrogens with zero attached hydrogens (tertiary/aromatic N) is 4. The number of aromatic nitrogens is 1. The molecule has 2 aromatic rings. The highest BCUT2D eigenvalue weighted by atomic mass is 19.1. The number of hydrogen-bond donors (Lipinski definition) is 0. The molecule has 1 amide bonds. The van der Waals surface area contributed by atoms with E-state index >= 15 is 0 Å². The van der Waals surface area contributed by atoms with E-state index in [-0.39, 0.29) is 5.91 Å². The van der Waals surface area contributed by atoms with Crippen LogP contribution in [-0.4, -0.2) is 60.0 Å². The molecule has 3 heterocycles. The standard InChI is InChI=1S/C24H30F2N4O/c25-21-14-20(15-22(26)16-21)18-28-9-3-4-19(17-28)6-7-24(31)30-12-10-29(11-13-30)23-5-1-2-8-27-23/h1-2,5,8,14-16,19H,3-4,6-7,9-13,17-18H2. The maximum Gasteiger partial charge on any atom is 0.222 e. The van der Waals surface area contributed by atoms with Crippen molar-refractivity contribution in [3.63, 3.8) is 0 Å². The summed E-state index contributed by atoms with van der Waals surface area (Å²) in [7, 11) is 0. The van der Waals surface area contributed by atoms with Crippen molar-refractivity contribution in [2.24, 2.45) is 5.92 Å². The fraction of sp³-hybridized carbons (Fsp3) is 0.500. The number of benzene rings is 1. The third-order valence-corrected chi connectivity index (χ3v) is 6.30. The van der Waals surface area contributed by atoms with Crippen LogP contribution in [-0.2, 0) is 11.3 Å². The van der Waals surface area contributed by atoms with Gasteiger partial charge in [-0.15, -0.1) is 0 Å². The summed E-state index contributed by atoms with van der Waals surface area (Å²) in [6.07, 6.45) is 5.39. The van der Waals surface area contributed by atoms with Crippen LogP contribution < -0.4 is 4.90 Å². The van der Waals surface area contributed by atoms with Crippen molar-refractivity contribution >= 4 is 11.7 Å². The molecule has 4 rings (SSSR count). The molecule has 1 unspecified atom stereocenters. The molecular formula is C24H30F2N4O. The monoisotopic (exact) mass is 428 g/mol. The van der Waals surface area contributed by atoms with Gasteiger partial charge in [0.2, 0.25) is 5.91 Å². The number of halogens is 2. The zero-order chi connectivity index (χ0) is 21.6. The summed E-state index contributed by atoms with van der Waals surface area (Å²) in [4.78, 5) is 23.6. The maximum absolute atomic E-state index is 13.5. The van der Waals surface area contributed by atoms with Gasteiger partial charge in [-0.25, -0.2) is 13.8 Å².